The smallest absolute Gasteiger partial charge is 0.261 e. The molecule has 1 aromatic carbocycles. The van der Waals surface area contributed by atoms with Gasteiger partial charge < -0.3 is 15.0 Å². The SMILES string of the molecule is COc1ccccc1-c1noc(-c2c(N)sc(C)c2C)n1. The standard InChI is InChI=1S/C15H15N3O2S/c1-8-9(2)21-13(16)12(8)15-17-14(18-20-15)10-6-4-5-7-11(10)19-3/h4-7H,16H2,1-3H3. The van der Waals surface area contributed by atoms with Gasteiger partial charge in [-0.05, 0) is 31.5 Å². The number of anilines is 1. The van der Waals surface area contributed by atoms with Crippen molar-refractivity contribution in [3.05, 3.63) is 34.7 Å². The van der Waals surface area contributed by atoms with Gasteiger partial charge in [0.2, 0.25) is 5.82 Å². The van der Waals surface area contributed by atoms with Crippen molar-refractivity contribution in [1.29, 1.82) is 0 Å². The van der Waals surface area contributed by atoms with Crippen LogP contribution in [0.3, 0.4) is 0 Å². The van der Waals surface area contributed by atoms with Crippen LogP contribution in [-0.2, 0) is 0 Å². The Morgan fingerprint density at radius 3 is 2.67 bits per heavy atom. The van der Waals surface area contributed by atoms with Gasteiger partial charge >= 0.3 is 0 Å². The Bertz CT molecular complexity index is 792. The predicted molar refractivity (Wildman–Crippen MR) is 83.5 cm³/mol. The fourth-order valence-electron chi connectivity index (χ4n) is 2.18. The Hall–Kier alpha value is -2.34. The molecular formula is C15H15N3O2S. The minimum atomic E-state index is 0.440. The highest BCUT2D eigenvalue weighted by atomic mass is 32.1. The van der Waals surface area contributed by atoms with Gasteiger partial charge in [-0.15, -0.1) is 11.3 Å². The lowest BCUT2D eigenvalue weighted by atomic mass is 10.1. The lowest BCUT2D eigenvalue weighted by molar-refractivity contribution is 0.413. The van der Waals surface area contributed by atoms with Crippen LogP contribution >= 0.6 is 11.3 Å². The van der Waals surface area contributed by atoms with Crippen LogP contribution in [0, 0.1) is 13.8 Å². The van der Waals surface area contributed by atoms with Crippen molar-refractivity contribution in [1.82, 2.24) is 10.1 Å². The highest BCUT2D eigenvalue weighted by Crippen LogP contribution is 2.38. The van der Waals surface area contributed by atoms with Gasteiger partial charge in [-0.2, -0.15) is 4.98 Å². The second-order valence-electron chi connectivity index (χ2n) is 4.65. The normalized spacial score (nSPS) is 10.8. The zero-order valence-electron chi connectivity index (χ0n) is 12.0. The Morgan fingerprint density at radius 2 is 2.00 bits per heavy atom. The molecule has 3 aromatic rings. The maximum Gasteiger partial charge on any atom is 0.261 e. The van der Waals surface area contributed by atoms with E-state index in [0.29, 0.717) is 22.5 Å². The van der Waals surface area contributed by atoms with Crippen molar-refractivity contribution in [2.75, 3.05) is 12.8 Å². The zero-order valence-corrected chi connectivity index (χ0v) is 12.8. The highest BCUT2D eigenvalue weighted by molar-refractivity contribution is 7.16. The zero-order chi connectivity index (χ0) is 15.0. The molecule has 2 heterocycles. The molecule has 108 valence electrons. The van der Waals surface area contributed by atoms with Crippen molar-refractivity contribution in [2.45, 2.75) is 13.8 Å². The molecule has 0 unspecified atom stereocenters. The molecule has 3 rings (SSSR count). The molecule has 21 heavy (non-hydrogen) atoms. The monoisotopic (exact) mass is 301 g/mol. The lowest BCUT2D eigenvalue weighted by Crippen LogP contribution is -1.89. The molecule has 0 fully saturated rings. The van der Waals surface area contributed by atoms with Gasteiger partial charge in [0.1, 0.15) is 5.75 Å². The van der Waals surface area contributed by atoms with Crippen molar-refractivity contribution >= 4 is 16.3 Å². The number of rotatable bonds is 3. The third-order valence-electron chi connectivity index (χ3n) is 3.40. The number of thiophene rings is 1. The first-order valence-electron chi connectivity index (χ1n) is 6.44. The molecule has 0 aliphatic rings. The first-order valence-corrected chi connectivity index (χ1v) is 7.26. The summed E-state index contributed by atoms with van der Waals surface area (Å²) >= 11 is 1.53. The maximum atomic E-state index is 6.04. The van der Waals surface area contributed by atoms with Gasteiger partial charge in [0.05, 0.1) is 23.2 Å². The fourth-order valence-corrected chi connectivity index (χ4v) is 3.11. The molecule has 0 spiro atoms. The van der Waals surface area contributed by atoms with E-state index in [4.69, 9.17) is 15.0 Å². The number of aryl methyl sites for hydroxylation is 1. The van der Waals surface area contributed by atoms with E-state index in [1.807, 2.05) is 38.1 Å². The van der Waals surface area contributed by atoms with E-state index in [0.717, 1.165) is 21.6 Å². The van der Waals surface area contributed by atoms with Crippen molar-refractivity contribution < 1.29 is 9.26 Å². The summed E-state index contributed by atoms with van der Waals surface area (Å²) < 4.78 is 10.7. The molecule has 0 aliphatic heterocycles. The number of benzene rings is 1. The summed E-state index contributed by atoms with van der Waals surface area (Å²) in [6.45, 7) is 4.03. The Morgan fingerprint density at radius 1 is 1.24 bits per heavy atom. The van der Waals surface area contributed by atoms with Crippen LogP contribution in [-0.4, -0.2) is 17.3 Å². The number of aromatic nitrogens is 2. The molecule has 6 heteroatoms. The number of ether oxygens (including phenoxy) is 1. The third-order valence-corrected chi connectivity index (χ3v) is 4.44. The minimum absolute atomic E-state index is 0.440. The number of para-hydroxylation sites is 1. The van der Waals surface area contributed by atoms with Crippen LogP contribution in [0.1, 0.15) is 10.4 Å². The van der Waals surface area contributed by atoms with Crippen molar-refractivity contribution in [3.63, 3.8) is 0 Å². The van der Waals surface area contributed by atoms with Crippen LogP contribution in [0.15, 0.2) is 28.8 Å². The van der Waals surface area contributed by atoms with Crippen LogP contribution in [0.2, 0.25) is 0 Å². The Balaban J connectivity index is 2.08. The molecule has 0 bridgehead atoms. The highest BCUT2D eigenvalue weighted by Gasteiger charge is 2.20. The van der Waals surface area contributed by atoms with Crippen molar-refractivity contribution in [3.8, 4) is 28.6 Å². The van der Waals surface area contributed by atoms with Gasteiger partial charge in [-0.3, -0.25) is 0 Å². The molecule has 5 nitrogen and oxygen atoms in total. The number of nitrogens with zero attached hydrogens (tertiary/aromatic N) is 2. The van der Waals surface area contributed by atoms with Gasteiger partial charge in [0, 0.05) is 4.88 Å². The summed E-state index contributed by atoms with van der Waals surface area (Å²) in [6, 6.07) is 7.55. The van der Waals surface area contributed by atoms with Gasteiger partial charge in [-0.25, -0.2) is 0 Å². The number of nitrogens with two attached hydrogens (primary N) is 1. The maximum absolute atomic E-state index is 6.04. The lowest BCUT2D eigenvalue weighted by Gasteiger charge is -2.03. The van der Waals surface area contributed by atoms with E-state index in [1.54, 1.807) is 7.11 Å². The summed E-state index contributed by atoms with van der Waals surface area (Å²) in [5.74, 6) is 1.64. The van der Waals surface area contributed by atoms with Crippen molar-refractivity contribution in [2.24, 2.45) is 0 Å². The topological polar surface area (TPSA) is 74.2 Å². The molecule has 2 N–H and O–H groups in total. The molecule has 0 aliphatic carbocycles. The Kier molecular flexibility index (Phi) is 3.39. The van der Waals surface area contributed by atoms with Crippen LogP contribution in [0.5, 0.6) is 5.75 Å². The molecular weight excluding hydrogens is 286 g/mol. The van der Waals surface area contributed by atoms with Crippen LogP contribution < -0.4 is 10.5 Å². The summed E-state index contributed by atoms with van der Waals surface area (Å²) in [5.41, 5.74) is 8.74. The van der Waals surface area contributed by atoms with E-state index >= 15 is 0 Å². The van der Waals surface area contributed by atoms with E-state index in [2.05, 4.69) is 10.1 Å². The average Bonchev–Trinajstić information content (AvgIpc) is 3.05. The predicted octanol–water partition coefficient (Wildman–Crippen LogP) is 3.67. The van der Waals surface area contributed by atoms with E-state index in [9.17, 15) is 0 Å². The molecule has 0 radical (unpaired) electrons. The summed E-state index contributed by atoms with van der Waals surface area (Å²) in [6.07, 6.45) is 0. The number of methoxy groups -OCH3 is 1. The van der Waals surface area contributed by atoms with E-state index in [1.165, 1.54) is 11.3 Å². The average molecular weight is 301 g/mol. The molecule has 0 amide bonds. The van der Waals surface area contributed by atoms with Crippen LogP contribution in [0.4, 0.5) is 5.00 Å². The van der Waals surface area contributed by atoms with Gasteiger partial charge in [0.15, 0.2) is 0 Å². The number of nitrogen functional groups attached to an aromatic ring is 1. The van der Waals surface area contributed by atoms with E-state index in [-0.39, 0.29) is 0 Å². The summed E-state index contributed by atoms with van der Waals surface area (Å²) in [7, 11) is 1.62. The minimum Gasteiger partial charge on any atom is -0.496 e. The number of hydrogen-bond donors (Lipinski definition) is 1. The second kappa shape index (κ2) is 5.21. The first-order chi connectivity index (χ1) is 10.1. The largest absolute Gasteiger partial charge is 0.496 e. The van der Waals surface area contributed by atoms with Gasteiger partial charge in [-0.1, -0.05) is 17.3 Å². The third kappa shape index (κ3) is 2.27. The molecule has 2 aromatic heterocycles. The van der Waals surface area contributed by atoms with Gasteiger partial charge in [0.25, 0.3) is 5.89 Å². The first kappa shape index (κ1) is 13.6. The van der Waals surface area contributed by atoms with E-state index < -0.39 is 0 Å². The molecule has 0 atom stereocenters. The summed E-state index contributed by atoms with van der Waals surface area (Å²) in [5, 5.41) is 4.74. The molecule has 0 saturated heterocycles. The quantitative estimate of drug-likeness (QED) is 0.799. The Labute approximate surface area is 126 Å². The second-order valence-corrected chi connectivity index (χ2v) is 5.90. The summed E-state index contributed by atoms with van der Waals surface area (Å²) in [4.78, 5) is 5.62. The molecule has 0 saturated carbocycles. The fraction of sp³-hybridized carbons (Fsp3) is 0.200. The number of hydrogen-bond acceptors (Lipinski definition) is 6. The van der Waals surface area contributed by atoms with Crippen LogP contribution in [0.25, 0.3) is 22.8 Å².